The number of hydrogen-bond donors (Lipinski definition) is 2. The molecule has 0 aliphatic carbocycles. The monoisotopic (exact) mass is 243 g/mol. The molecule has 0 radical (unpaired) electrons. The molecular formula is C10H13NO4S. The van der Waals surface area contributed by atoms with E-state index in [0.717, 1.165) is 6.26 Å². The van der Waals surface area contributed by atoms with Crippen LogP contribution in [0, 0.1) is 6.92 Å². The molecule has 0 saturated carbocycles. The van der Waals surface area contributed by atoms with Gasteiger partial charge in [0.05, 0.1) is 4.90 Å². The lowest BCUT2D eigenvalue weighted by atomic mass is 10.1. The van der Waals surface area contributed by atoms with Crippen LogP contribution in [0.4, 0.5) is 0 Å². The van der Waals surface area contributed by atoms with E-state index >= 15 is 0 Å². The largest absolute Gasteiger partial charge is 0.480 e. The molecule has 0 spiro atoms. The molecule has 0 saturated heterocycles. The van der Waals surface area contributed by atoms with Crippen LogP contribution in [-0.4, -0.2) is 25.7 Å². The fourth-order valence-electron chi connectivity index (χ4n) is 1.35. The summed E-state index contributed by atoms with van der Waals surface area (Å²) in [7, 11) is -3.36. The third kappa shape index (κ3) is 2.59. The van der Waals surface area contributed by atoms with E-state index in [1.165, 1.54) is 12.1 Å². The maximum Gasteiger partial charge on any atom is 0.325 e. The third-order valence-corrected chi connectivity index (χ3v) is 3.48. The van der Waals surface area contributed by atoms with Crippen LogP contribution in [-0.2, 0) is 14.6 Å². The van der Waals surface area contributed by atoms with Gasteiger partial charge in [0.15, 0.2) is 9.84 Å². The number of sulfone groups is 1. The predicted molar refractivity (Wildman–Crippen MR) is 58.9 cm³/mol. The lowest BCUT2D eigenvalue weighted by molar-refractivity contribution is -0.138. The molecule has 3 N–H and O–H groups in total. The summed E-state index contributed by atoms with van der Waals surface area (Å²) in [6, 6.07) is 3.17. The minimum absolute atomic E-state index is 0.113. The van der Waals surface area contributed by atoms with Crippen molar-refractivity contribution in [2.24, 2.45) is 5.73 Å². The summed E-state index contributed by atoms with van der Waals surface area (Å²) in [6.45, 7) is 1.65. The molecule has 88 valence electrons. The lowest BCUT2D eigenvalue weighted by Gasteiger charge is -2.10. The van der Waals surface area contributed by atoms with E-state index in [9.17, 15) is 13.2 Å². The van der Waals surface area contributed by atoms with Gasteiger partial charge < -0.3 is 10.8 Å². The standard InChI is InChI=1S/C10H13NO4S/c1-6-3-4-7(9(11)10(12)13)5-8(6)16(2,14)15/h3-5,9H,11H2,1-2H3,(H,12,13). The van der Waals surface area contributed by atoms with Crippen LogP contribution in [0.1, 0.15) is 17.2 Å². The van der Waals surface area contributed by atoms with Gasteiger partial charge in [-0.15, -0.1) is 0 Å². The van der Waals surface area contributed by atoms with Crippen molar-refractivity contribution >= 4 is 15.8 Å². The summed E-state index contributed by atoms with van der Waals surface area (Å²) in [5.41, 5.74) is 6.26. The van der Waals surface area contributed by atoms with E-state index in [1.807, 2.05) is 0 Å². The fourth-order valence-corrected chi connectivity index (χ4v) is 2.36. The van der Waals surface area contributed by atoms with Crippen LogP contribution >= 0.6 is 0 Å². The highest BCUT2D eigenvalue weighted by Crippen LogP contribution is 2.20. The summed E-state index contributed by atoms with van der Waals surface area (Å²) in [5.74, 6) is -1.19. The van der Waals surface area contributed by atoms with Gasteiger partial charge in [0.2, 0.25) is 0 Å². The number of nitrogens with two attached hydrogens (primary N) is 1. The number of carboxylic acid groups (broad SMARTS) is 1. The van der Waals surface area contributed by atoms with E-state index < -0.39 is 21.8 Å². The van der Waals surface area contributed by atoms with Crippen molar-refractivity contribution in [1.29, 1.82) is 0 Å². The fraction of sp³-hybridized carbons (Fsp3) is 0.300. The molecule has 1 aromatic carbocycles. The van der Waals surface area contributed by atoms with Gasteiger partial charge in [-0.25, -0.2) is 8.42 Å². The van der Waals surface area contributed by atoms with Gasteiger partial charge in [0.25, 0.3) is 0 Å². The maximum absolute atomic E-state index is 11.4. The second kappa shape index (κ2) is 4.23. The van der Waals surface area contributed by atoms with E-state index in [4.69, 9.17) is 10.8 Å². The molecule has 0 heterocycles. The van der Waals surface area contributed by atoms with Crippen molar-refractivity contribution in [2.75, 3.05) is 6.26 Å². The van der Waals surface area contributed by atoms with Crippen molar-refractivity contribution in [3.8, 4) is 0 Å². The first-order chi connectivity index (χ1) is 7.23. The van der Waals surface area contributed by atoms with E-state index in [0.29, 0.717) is 5.56 Å². The van der Waals surface area contributed by atoms with Crippen LogP contribution in [0.2, 0.25) is 0 Å². The minimum atomic E-state index is -3.36. The predicted octanol–water partition coefficient (Wildman–Crippen LogP) is 0.483. The quantitative estimate of drug-likeness (QED) is 0.804. The SMILES string of the molecule is Cc1ccc(C(N)C(=O)O)cc1S(C)(=O)=O. The Labute approximate surface area is 93.8 Å². The second-order valence-electron chi connectivity index (χ2n) is 3.61. The van der Waals surface area contributed by atoms with Gasteiger partial charge in [0.1, 0.15) is 6.04 Å². The normalized spacial score (nSPS) is 13.4. The Morgan fingerprint density at radius 3 is 2.44 bits per heavy atom. The van der Waals surface area contributed by atoms with E-state index in [-0.39, 0.29) is 10.5 Å². The lowest BCUT2D eigenvalue weighted by Crippen LogP contribution is -2.21. The van der Waals surface area contributed by atoms with E-state index in [2.05, 4.69) is 0 Å². The molecule has 1 atom stereocenters. The van der Waals surface area contributed by atoms with Crippen molar-refractivity contribution in [3.63, 3.8) is 0 Å². The average molecular weight is 243 g/mol. The number of rotatable bonds is 3. The van der Waals surface area contributed by atoms with Crippen LogP contribution in [0.25, 0.3) is 0 Å². The third-order valence-electron chi connectivity index (χ3n) is 2.24. The molecule has 1 unspecified atom stereocenters. The Balaban J connectivity index is 3.34. The van der Waals surface area contributed by atoms with Gasteiger partial charge >= 0.3 is 5.97 Å². The number of aryl methyl sites for hydroxylation is 1. The minimum Gasteiger partial charge on any atom is -0.480 e. The zero-order chi connectivity index (χ0) is 12.5. The molecule has 0 bridgehead atoms. The summed E-state index contributed by atoms with van der Waals surface area (Å²) in [4.78, 5) is 10.8. The number of benzene rings is 1. The molecule has 0 fully saturated rings. The van der Waals surface area contributed by atoms with Gasteiger partial charge in [0, 0.05) is 6.26 Å². The molecule has 0 aliphatic rings. The number of carbonyl (C=O) groups is 1. The molecule has 6 heteroatoms. The first kappa shape index (κ1) is 12.7. The summed E-state index contributed by atoms with van der Waals surface area (Å²) >= 11 is 0. The van der Waals surface area contributed by atoms with Crippen molar-refractivity contribution in [1.82, 2.24) is 0 Å². The number of hydrogen-bond acceptors (Lipinski definition) is 4. The molecule has 0 amide bonds. The van der Waals surface area contributed by atoms with Gasteiger partial charge in [-0.3, -0.25) is 4.79 Å². The zero-order valence-electron chi connectivity index (χ0n) is 8.97. The first-order valence-corrected chi connectivity index (χ1v) is 6.41. The maximum atomic E-state index is 11.4. The van der Waals surface area contributed by atoms with Crippen LogP contribution in [0.3, 0.4) is 0 Å². The summed E-state index contributed by atoms with van der Waals surface area (Å²) < 4.78 is 22.8. The number of carboxylic acids is 1. The molecule has 5 nitrogen and oxygen atoms in total. The average Bonchev–Trinajstić information content (AvgIpc) is 2.15. The Morgan fingerprint density at radius 1 is 1.44 bits per heavy atom. The Hall–Kier alpha value is -1.40. The van der Waals surface area contributed by atoms with Crippen LogP contribution in [0.15, 0.2) is 23.1 Å². The number of aliphatic carboxylic acids is 1. The Bertz CT molecular complexity index is 522. The smallest absolute Gasteiger partial charge is 0.325 e. The molecule has 0 aliphatic heterocycles. The molecule has 16 heavy (non-hydrogen) atoms. The first-order valence-electron chi connectivity index (χ1n) is 4.52. The molecular weight excluding hydrogens is 230 g/mol. The zero-order valence-corrected chi connectivity index (χ0v) is 9.78. The molecule has 1 aromatic rings. The highest BCUT2D eigenvalue weighted by Gasteiger charge is 2.18. The highest BCUT2D eigenvalue weighted by atomic mass is 32.2. The van der Waals surface area contributed by atoms with Gasteiger partial charge in [-0.2, -0.15) is 0 Å². The Morgan fingerprint density at radius 2 is 2.00 bits per heavy atom. The molecule has 1 rings (SSSR count). The highest BCUT2D eigenvalue weighted by molar-refractivity contribution is 7.90. The molecule has 0 aromatic heterocycles. The topological polar surface area (TPSA) is 97.5 Å². The summed E-state index contributed by atoms with van der Waals surface area (Å²) in [5, 5.41) is 8.72. The Kier molecular flexibility index (Phi) is 3.35. The second-order valence-corrected chi connectivity index (χ2v) is 5.60. The van der Waals surface area contributed by atoms with Crippen LogP contribution < -0.4 is 5.73 Å². The van der Waals surface area contributed by atoms with E-state index in [1.54, 1.807) is 13.0 Å². The summed E-state index contributed by atoms with van der Waals surface area (Å²) in [6.07, 6.45) is 1.07. The van der Waals surface area contributed by atoms with Crippen molar-refractivity contribution in [2.45, 2.75) is 17.9 Å². The van der Waals surface area contributed by atoms with Crippen molar-refractivity contribution in [3.05, 3.63) is 29.3 Å². The van der Waals surface area contributed by atoms with Crippen molar-refractivity contribution < 1.29 is 18.3 Å². The van der Waals surface area contributed by atoms with Gasteiger partial charge in [-0.1, -0.05) is 12.1 Å². The van der Waals surface area contributed by atoms with Crippen LogP contribution in [0.5, 0.6) is 0 Å². The van der Waals surface area contributed by atoms with Gasteiger partial charge in [-0.05, 0) is 24.1 Å².